The van der Waals surface area contributed by atoms with Gasteiger partial charge in [0.1, 0.15) is 5.76 Å². The molecule has 0 bridgehead atoms. The van der Waals surface area contributed by atoms with Crippen LogP contribution in [-0.4, -0.2) is 59.0 Å². The molecule has 1 atom stereocenters. The van der Waals surface area contributed by atoms with Crippen molar-refractivity contribution in [3.63, 3.8) is 0 Å². The Morgan fingerprint density at radius 2 is 2.40 bits per heavy atom. The van der Waals surface area contributed by atoms with Crippen LogP contribution >= 0.6 is 0 Å². The van der Waals surface area contributed by atoms with Gasteiger partial charge in [0.2, 0.25) is 5.91 Å². The molecule has 1 amide bonds. The molecular weight excluding hydrogens is 262 g/mol. The van der Waals surface area contributed by atoms with Gasteiger partial charge in [0.05, 0.1) is 24.9 Å². The molecular formula is C13H21N3O4. The number of anilines is 1. The normalized spacial score (nSPS) is 22.7. The smallest absolute Gasteiger partial charge is 0.239 e. The lowest BCUT2D eigenvalue weighted by Crippen LogP contribution is -2.55. The highest BCUT2D eigenvalue weighted by Crippen LogP contribution is 2.20. The zero-order valence-electron chi connectivity index (χ0n) is 12.0. The number of nitrogens with one attached hydrogen (secondary N) is 1. The van der Waals surface area contributed by atoms with E-state index < -0.39 is 0 Å². The number of amides is 1. The maximum Gasteiger partial charge on any atom is 0.239 e. The molecule has 0 aliphatic carbocycles. The number of aliphatic hydroxyl groups is 1. The molecule has 1 aromatic rings. The number of rotatable bonds is 4. The lowest BCUT2D eigenvalue weighted by atomic mass is 10.1. The second-order valence-corrected chi connectivity index (χ2v) is 5.72. The Bertz CT molecular complexity index is 472. The number of carbonyl (C=O) groups excluding carboxylic acids is 1. The lowest BCUT2D eigenvalue weighted by Gasteiger charge is -2.41. The molecule has 1 aliphatic rings. The van der Waals surface area contributed by atoms with E-state index in [4.69, 9.17) is 9.26 Å². The van der Waals surface area contributed by atoms with Crippen LogP contribution in [0.5, 0.6) is 0 Å². The van der Waals surface area contributed by atoms with Gasteiger partial charge in [-0.1, -0.05) is 5.16 Å². The molecule has 0 spiro atoms. The van der Waals surface area contributed by atoms with E-state index in [1.807, 2.05) is 18.7 Å². The first kappa shape index (κ1) is 15.0. The van der Waals surface area contributed by atoms with Crippen molar-refractivity contribution < 1.29 is 19.2 Å². The highest BCUT2D eigenvalue weighted by atomic mass is 16.5. The number of nitrogens with zero attached hydrogens (tertiary/aromatic N) is 2. The van der Waals surface area contributed by atoms with Crippen LogP contribution in [-0.2, 0) is 9.53 Å². The molecule has 2 N–H and O–H groups in total. The molecule has 7 nitrogen and oxygen atoms in total. The Hall–Kier alpha value is -1.44. The van der Waals surface area contributed by atoms with Crippen LogP contribution < -0.4 is 5.32 Å². The molecule has 1 aliphatic heterocycles. The summed E-state index contributed by atoms with van der Waals surface area (Å²) in [7, 11) is 0. The topological polar surface area (TPSA) is 87.8 Å². The van der Waals surface area contributed by atoms with Crippen LogP contribution in [0, 0.1) is 6.92 Å². The number of hydrogen-bond donors (Lipinski definition) is 2. The first-order valence-corrected chi connectivity index (χ1v) is 6.62. The highest BCUT2D eigenvalue weighted by molar-refractivity contribution is 5.91. The molecule has 20 heavy (non-hydrogen) atoms. The van der Waals surface area contributed by atoms with Crippen LogP contribution in [0.4, 0.5) is 5.82 Å². The Kier molecular flexibility index (Phi) is 4.42. The fraction of sp³-hybridized carbons (Fsp3) is 0.692. The average molecular weight is 283 g/mol. The van der Waals surface area contributed by atoms with Gasteiger partial charge < -0.3 is 19.7 Å². The van der Waals surface area contributed by atoms with E-state index in [0.717, 1.165) is 0 Å². The van der Waals surface area contributed by atoms with Crippen molar-refractivity contribution in [3.8, 4) is 0 Å². The lowest BCUT2D eigenvalue weighted by molar-refractivity contribution is -0.151. The third-order valence-corrected chi connectivity index (χ3v) is 3.02. The largest absolute Gasteiger partial charge is 0.394 e. The monoisotopic (exact) mass is 283 g/mol. The SMILES string of the molecule is Cc1cc(NC(=O)CN2CC(CO)OC(C)(C)C2)no1. The Morgan fingerprint density at radius 3 is 3.00 bits per heavy atom. The summed E-state index contributed by atoms with van der Waals surface area (Å²) in [6.07, 6.45) is -0.263. The molecule has 2 rings (SSSR count). The van der Waals surface area contributed by atoms with Gasteiger partial charge in [-0.2, -0.15) is 0 Å². The number of hydrogen-bond acceptors (Lipinski definition) is 6. The molecule has 1 aromatic heterocycles. The number of aromatic nitrogens is 1. The van der Waals surface area contributed by atoms with Gasteiger partial charge in [-0.05, 0) is 20.8 Å². The molecule has 2 heterocycles. The van der Waals surface area contributed by atoms with Crippen molar-refractivity contribution >= 4 is 11.7 Å². The molecule has 112 valence electrons. The molecule has 0 radical (unpaired) electrons. The van der Waals surface area contributed by atoms with Gasteiger partial charge >= 0.3 is 0 Å². The van der Waals surface area contributed by atoms with Crippen molar-refractivity contribution in [1.29, 1.82) is 0 Å². The van der Waals surface area contributed by atoms with Gasteiger partial charge in [-0.15, -0.1) is 0 Å². The predicted octanol–water partition coefficient (Wildman–Crippen LogP) is 0.393. The van der Waals surface area contributed by atoms with Crippen LogP contribution in [0.25, 0.3) is 0 Å². The first-order chi connectivity index (χ1) is 9.38. The Balaban J connectivity index is 1.90. The van der Waals surface area contributed by atoms with Gasteiger partial charge in [0.15, 0.2) is 5.82 Å². The molecule has 7 heteroatoms. The minimum absolute atomic E-state index is 0.0516. The van der Waals surface area contributed by atoms with Gasteiger partial charge in [-0.3, -0.25) is 9.69 Å². The average Bonchev–Trinajstić information content (AvgIpc) is 2.72. The second kappa shape index (κ2) is 5.90. The summed E-state index contributed by atoms with van der Waals surface area (Å²) in [6.45, 7) is 7.00. The summed E-state index contributed by atoms with van der Waals surface area (Å²) >= 11 is 0. The zero-order valence-corrected chi connectivity index (χ0v) is 12.0. The molecule has 0 aromatic carbocycles. The van der Waals surface area contributed by atoms with E-state index in [1.54, 1.807) is 13.0 Å². The summed E-state index contributed by atoms with van der Waals surface area (Å²) in [6, 6.07) is 1.66. The van der Waals surface area contributed by atoms with Crippen molar-refractivity contribution in [2.75, 3.05) is 31.6 Å². The maximum absolute atomic E-state index is 12.0. The third kappa shape index (κ3) is 4.03. The van der Waals surface area contributed by atoms with Crippen molar-refractivity contribution in [1.82, 2.24) is 10.1 Å². The summed E-state index contributed by atoms with van der Waals surface area (Å²) < 4.78 is 10.6. The highest BCUT2D eigenvalue weighted by Gasteiger charge is 2.33. The molecule has 1 saturated heterocycles. The van der Waals surface area contributed by atoms with Crippen LogP contribution in [0.2, 0.25) is 0 Å². The fourth-order valence-electron chi connectivity index (χ4n) is 2.44. The minimum atomic E-state index is -0.379. The molecule has 1 unspecified atom stereocenters. The number of morpholine rings is 1. The Morgan fingerprint density at radius 1 is 1.65 bits per heavy atom. The summed E-state index contributed by atoms with van der Waals surface area (Å²) in [5.41, 5.74) is -0.379. The summed E-state index contributed by atoms with van der Waals surface area (Å²) in [5.74, 6) is 0.902. The van der Waals surface area contributed by atoms with Crippen molar-refractivity contribution in [3.05, 3.63) is 11.8 Å². The summed E-state index contributed by atoms with van der Waals surface area (Å²) in [5, 5.41) is 15.6. The Labute approximate surface area is 117 Å². The van der Waals surface area contributed by atoms with E-state index >= 15 is 0 Å². The van der Waals surface area contributed by atoms with E-state index in [1.165, 1.54) is 0 Å². The van der Waals surface area contributed by atoms with E-state index in [2.05, 4.69) is 10.5 Å². The zero-order chi connectivity index (χ0) is 14.8. The fourth-order valence-corrected chi connectivity index (χ4v) is 2.44. The van der Waals surface area contributed by atoms with Gasteiger partial charge in [0.25, 0.3) is 0 Å². The van der Waals surface area contributed by atoms with Gasteiger partial charge in [-0.25, -0.2) is 0 Å². The van der Waals surface area contributed by atoms with Gasteiger partial charge in [0, 0.05) is 19.2 Å². The van der Waals surface area contributed by atoms with E-state index in [0.29, 0.717) is 24.7 Å². The molecule has 0 saturated carbocycles. The standard InChI is InChI=1S/C13H21N3O4/c1-9-4-11(15-20-9)14-12(18)6-16-5-10(7-17)19-13(2,3)8-16/h4,10,17H,5-8H2,1-3H3,(H,14,15,18). The van der Waals surface area contributed by atoms with Crippen molar-refractivity contribution in [2.24, 2.45) is 0 Å². The van der Waals surface area contributed by atoms with Crippen LogP contribution in [0.3, 0.4) is 0 Å². The number of carbonyl (C=O) groups is 1. The summed E-state index contributed by atoms with van der Waals surface area (Å²) in [4.78, 5) is 13.9. The van der Waals surface area contributed by atoms with Crippen molar-refractivity contribution in [2.45, 2.75) is 32.5 Å². The number of aryl methyl sites for hydroxylation is 1. The quantitative estimate of drug-likeness (QED) is 0.831. The minimum Gasteiger partial charge on any atom is -0.394 e. The predicted molar refractivity (Wildman–Crippen MR) is 72.3 cm³/mol. The number of ether oxygens (including phenoxy) is 1. The maximum atomic E-state index is 12.0. The van der Waals surface area contributed by atoms with E-state index in [-0.39, 0.29) is 30.8 Å². The van der Waals surface area contributed by atoms with Crippen LogP contribution in [0.1, 0.15) is 19.6 Å². The second-order valence-electron chi connectivity index (χ2n) is 5.72. The number of aliphatic hydroxyl groups excluding tert-OH is 1. The van der Waals surface area contributed by atoms with E-state index in [9.17, 15) is 9.90 Å². The molecule has 1 fully saturated rings. The van der Waals surface area contributed by atoms with Crippen LogP contribution in [0.15, 0.2) is 10.6 Å². The first-order valence-electron chi connectivity index (χ1n) is 6.62. The third-order valence-electron chi connectivity index (χ3n) is 3.02.